The second kappa shape index (κ2) is 7.35. The quantitative estimate of drug-likeness (QED) is 0.830. The molecule has 2 heterocycles. The molecular formula is C17H13FN2O4S. The van der Waals surface area contributed by atoms with Gasteiger partial charge in [-0.2, -0.15) is 0 Å². The van der Waals surface area contributed by atoms with Crippen molar-refractivity contribution in [2.45, 2.75) is 0 Å². The van der Waals surface area contributed by atoms with E-state index in [1.54, 1.807) is 6.07 Å². The molecular weight excluding hydrogens is 347 g/mol. The Labute approximate surface area is 146 Å². The number of thioether (sulfide) groups is 1. The minimum absolute atomic E-state index is 0.0534. The predicted molar refractivity (Wildman–Crippen MR) is 90.1 cm³/mol. The van der Waals surface area contributed by atoms with Crippen molar-refractivity contribution in [1.82, 2.24) is 10.2 Å². The number of nitrogens with one attached hydrogen (secondary N) is 1. The van der Waals surface area contributed by atoms with Crippen molar-refractivity contribution >= 4 is 34.9 Å². The molecule has 3 rings (SSSR count). The van der Waals surface area contributed by atoms with Crippen molar-refractivity contribution in [3.8, 4) is 0 Å². The van der Waals surface area contributed by atoms with E-state index in [1.807, 2.05) is 0 Å². The van der Waals surface area contributed by atoms with Gasteiger partial charge in [0.1, 0.15) is 5.82 Å². The minimum atomic E-state index is -0.438. The van der Waals surface area contributed by atoms with E-state index in [0.29, 0.717) is 5.56 Å². The van der Waals surface area contributed by atoms with Gasteiger partial charge in [-0.15, -0.1) is 0 Å². The molecule has 0 atom stereocenters. The van der Waals surface area contributed by atoms with Gasteiger partial charge >= 0.3 is 0 Å². The van der Waals surface area contributed by atoms with E-state index in [1.165, 1.54) is 42.7 Å². The van der Waals surface area contributed by atoms with Gasteiger partial charge in [-0.1, -0.05) is 12.1 Å². The lowest BCUT2D eigenvalue weighted by atomic mass is 10.2. The number of hydrogen-bond donors (Lipinski definition) is 1. The third kappa shape index (κ3) is 3.97. The molecule has 1 aliphatic rings. The molecule has 0 radical (unpaired) electrons. The molecule has 128 valence electrons. The summed E-state index contributed by atoms with van der Waals surface area (Å²) < 4.78 is 17.9. The van der Waals surface area contributed by atoms with Crippen LogP contribution >= 0.6 is 11.8 Å². The number of carbonyl (C=O) groups excluding carboxylic acids is 3. The third-order valence-electron chi connectivity index (χ3n) is 3.41. The van der Waals surface area contributed by atoms with Gasteiger partial charge in [0.25, 0.3) is 17.1 Å². The Balaban J connectivity index is 1.59. The fraction of sp³-hybridized carbons (Fsp3) is 0.118. The van der Waals surface area contributed by atoms with Crippen LogP contribution in [0.3, 0.4) is 0 Å². The predicted octanol–water partition coefficient (Wildman–Crippen LogP) is 2.89. The lowest BCUT2D eigenvalue weighted by Gasteiger charge is -2.12. The van der Waals surface area contributed by atoms with E-state index in [-0.39, 0.29) is 29.6 Å². The molecule has 0 bridgehead atoms. The Hall–Kier alpha value is -2.87. The minimum Gasteiger partial charge on any atom is -0.459 e. The Bertz CT molecular complexity index is 831. The van der Waals surface area contributed by atoms with E-state index >= 15 is 0 Å². The largest absolute Gasteiger partial charge is 0.459 e. The second-order valence-electron chi connectivity index (χ2n) is 5.12. The zero-order chi connectivity index (χ0) is 17.8. The Morgan fingerprint density at radius 1 is 1.24 bits per heavy atom. The first-order valence-electron chi connectivity index (χ1n) is 7.37. The molecule has 0 saturated carbocycles. The van der Waals surface area contributed by atoms with E-state index in [4.69, 9.17) is 4.42 Å². The molecule has 1 aliphatic heterocycles. The van der Waals surface area contributed by atoms with E-state index < -0.39 is 17.1 Å². The number of halogens is 1. The molecule has 8 heteroatoms. The van der Waals surface area contributed by atoms with Gasteiger partial charge in [0.05, 0.1) is 11.2 Å². The summed E-state index contributed by atoms with van der Waals surface area (Å²) in [6.07, 6.45) is 2.91. The lowest BCUT2D eigenvalue weighted by Crippen LogP contribution is -2.37. The number of furan rings is 1. The summed E-state index contributed by atoms with van der Waals surface area (Å²) in [5, 5.41) is 2.16. The highest BCUT2D eigenvalue weighted by Gasteiger charge is 2.34. The molecule has 1 saturated heterocycles. The van der Waals surface area contributed by atoms with Crippen molar-refractivity contribution < 1.29 is 23.2 Å². The lowest BCUT2D eigenvalue weighted by molar-refractivity contribution is -0.122. The topological polar surface area (TPSA) is 79.6 Å². The van der Waals surface area contributed by atoms with Crippen LogP contribution in [0, 0.1) is 5.82 Å². The highest BCUT2D eigenvalue weighted by molar-refractivity contribution is 8.18. The van der Waals surface area contributed by atoms with Crippen LogP contribution in [0.1, 0.15) is 16.1 Å². The first-order chi connectivity index (χ1) is 12.0. The van der Waals surface area contributed by atoms with Crippen LogP contribution in [-0.2, 0) is 4.79 Å². The Morgan fingerprint density at radius 2 is 2.00 bits per heavy atom. The van der Waals surface area contributed by atoms with E-state index in [0.717, 1.165) is 16.7 Å². The van der Waals surface area contributed by atoms with Crippen molar-refractivity contribution in [2.24, 2.45) is 0 Å². The van der Waals surface area contributed by atoms with Gasteiger partial charge in [0.15, 0.2) is 5.76 Å². The van der Waals surface area contributed by atoms with Gasteiger partial charge in [0.2, 0.25) is 0 Å². The number of benzene rings is 1. The summed E-state index contributed by atoms with van der Waals surface area (Å²) in [6.45, 7) is 0.166. The average molecular weight is 360 g/mol. The maximum absolute atomic E-state index is 12.9. The van der Waals surface area contributed by atoms with Gasteiger partial charge in [-0.3, -0.25) is 19.3 Å². The first-order valence-corrected chi connectivity index (χ1v) is 8.19. The van der Waals surface area contributed by atoms with Crippen molar-refractivity contribution in [1.29, 1.82) is 0 Å². The molecule has 25 heavy (non-hydrogen) atoms. The normalized spacial score (nSPS) is 15.9. The number of hydrogen-bond acceptors (Lipinski definition) is 5. The zero-order valence-electron chi connectivity index (χ0n) is 12.9. The maximum atomic E-state index is 12.9. The first kappa shape index (κ1) is 17.0. The molecule has 1 aromatic heterocycles. The number of carbonyl (C=O) groups is 3. The van der Waals surface area contributed by atoms with E-state index in [2.05, 4.69) is 5.32 Å². The van der Waals surface area contributed by atoms with E-state index in [9.17, 15) is 18.8 Å². The van der Waals surface area contributed by atoms with Crippen LogP contribution in [0.25, 0.3) is 6.08 Å². The molecule has 1 N–H and O–H groups in total. The molecule has 0 aliphatic carbocycles. The Morgan fingerprint density at radius 3 is 2.68 bits per heavy atom. The van der Waals surface area contributed by atoms with Crippen LogP contribution in [0.5, 0.6) is 0 Å². The Kier molecular flexibility index (Phi) is 4.99. The van der Waals surface area contributed by atoms with Crippen molar-refractivity contribution in [2.75, 3.05) is 13.1 Å². The van der Waals surface area contributed by atoms with Gasteiger partial charge in [0, 0.05) is 13.1 Å². The van der Waals surface area contributed by atoms with Gasteiger partial charge in [-0.25, -0.2) is 4.39 Å². The molecule has 2 aromatic rings. The summed E-state index contributed by atoms with van der Waals surface area (Å²) in [5.74, 6) is -1.08. The van der Waals surface area contributed by atoms with Crippen LogP contribution in [0.4, 0.5) is 9.18 Å². The molecule has 1 aromatic carbocycles. The van der Waals surface area contributed by atoms with Crippen LogP contribution in [0.2, 0.25) is 0 Å². The van der Waals surface area contributed by atoms with Crippen molar-refractivity contribution in [3.05, 3.63) is 64.7 Å². The fourth-order valence-electron chi connectivity index (χ4n) is 2.18. The smallest absolute Gasteiger partial charge is 0.293 e. The number of amides is 3. The summed E-state index contributed by atoms with van der Waals surface area (Å²) >= 11 is 0.811. The van der Waals surface area contributed by atoms with Gasteiger partial charge in [-0.05, 0) is 47.7 Å². The number of imide groups is 1. The summed E-state index contributed by atoms with van der Waals surface area (Å²) in [6, 6.07) is 8.70. The third-order valence-corrected chi connectivity index (χ3v) is 4.31. The molecule has 1 fully saturated rings. The maximum Gasteiger partial charge on any atom is 0.293 e. The molecule has 0 unspecified atom stereocenters. The number of nitrogens with zero attached hydrogens (tertiary/aromatic N) is 1. The molecule has 3 amide bonds. The number of rotatable bonds is 5. The monoisotopic (exact) mass is 360 g/mol. The zero-order valence-corrected chi connectivity index (χ0v) is 13.7. The van der Waals surface area contributed by atoms with Crippen LogP contribution in [-0.4, -0.2) is 35.0 Å². The standard InChI is InChI=1S/C17H13FN2O4S/c18-12-5-3-11(4-6-12)10-14-16(22)20(17(23)25-14)8-7-19-15(21)13-2-1-9-24-13/h1-6,9-10H,7-8H2,(H,19,21). The highest BCUT2D eigenvalue weighted by atomic mass is 32.2. The van der Waals surface area contributed by atoms with Gasteiger partial charge < -0.3 is 9.73 Å². The molecule has 6 nitrogen and oxygen atoms in total. The second-order valence-corrected chi connectivity index (χ2v) is 6.11. The molecule has 0 spiro atoms. The summed E-state index contributed by atoms with van der Waals surface area (Å²) in [4.78, 5) is 37.3. The van der Waals surface area contributed by atoms with Crippen molar-refractivity contribution in [3.63, 3.8) is 0 Å². The average Bonchev–Trinajstić information content (AvgIpc) is 3.21. The van der Waals surface area contributed by atoms with Crippen LogP contribution in [0.15, 0.2) is 52.0 Å². The van der Waals surface area contributed by atoms with Crippen LogP contribution < -0.4 is 5.32 Å². The SMILES string of the molecule is O=C(NCCN1C(=O)SC(=Cc2ccc(F)cc2)C1=O)c1ccco1. The summed E-state index contributed by atoms with van der Waals surface area (Å²) in [5.41, 5.74) is 0.623. The fourth-order valence-corrected chi connectivity index (χ4v) is 3.04. The summed E-state index contributed by atoms with van der Waals surface area (Å²) in [7, 11) is 0. The highest BCUT2D eigenvalue weighted by Crippen LogP contribution is 2.31.